The van der Waals surface area contributed by atoms with Crippen LogP contribution in [0.3, 0.4) is 0 Å². The molecule has 0 aliphatic carbocycles. The normalized spacial score (nSPS) is 11.7. The van der Waals surface area contributed by atoms with Crippen LogP contribution in [-0.2, 0) is 20.7 Å². The predicted octanol–water partition coefficient (Wildman–Crippen LogP) is 3.95. The number of carbonyl (C=O) groups excluding carboxylic acids is 2. The van der Waals surface area contributed by atoms with Gasteiger partial charge in [0.15, 0.2) is 6.10 Å². The maximum Gasteiger partial charge on any atom is 0.311 e. The van der Waals surface area contributed by atoms with Crippen molar-refractivity contribution < 1.29 is 14.3 Å². The van der Waals surface area contributed by atoms with E-state index in [0.29, 0.717) is 5.69 Å². The zero-order valence-electron chi connectivity index (χ0n) is 13.9. The van der Waals surface area contributed by atoms with E-state index in [0.717, 1.165) is 16.3 Å². The number of fused-ring (bicyclic) bond motifs is 1. The van der Waals surface area contributed by atoms with Gasteiger partial charge in [0.2, 0.25) is 0 Å². The van der Waals surface area contributed by atoms with E-state index in [1.807, 2.05) is 60.7 Å². The van der Waals surface area contributed by atoms with Crippen molar-refractivity contribution in [3.05, 3.63) is 78.4 Å². The van der Waals surface area contributed by atoms with E-state index >= 15 is 0 Å². The average molecular weight is 333 g/mol. The maximum absolute atomic E-state index is 12.1. The molecule has 0 unspecified atom stereocenters. The van der Waals surface area contributed by atoms with Gasteiger partial charge in [-0.1, -0.05) is 60.7 Å². The van der Waals surface area contributed by atoms with Crippen LogP contribution in [0.1, 0.15) is 12.5 Å². The summed E-state index contributed by atoms with van der Waals surface area (Å²) in [6, 6.07) is 22.9. The number of hydrogen-bond acceptors (Lipinski definition) is 3. The van der Waals surface area contributed by atoms with Crippen molar-refractivity contribution in [1.82, 2.24) is 0 Å². The molecule has 0 aliphatic heterocycles. The van der Waals surface area contributed by atoms with Gasteiger partial charge >= 0.3 is 5.97 Å². The largest absolute Gasteiger partial charge is 0.452 e. The molecule has 3 aromatic carbocycles. The van der Waals surface area contributed by atoms with E-state index in [2.05, 4.69) is 5.32 Å². The van der Waals surface area contributed by atoms with Crippen LogP contribution >= 0.6 is 0 Å². The molecule has 0 aromatic heterocycles. The highest BCUT2D eigenvalue weighted by molar-refractivity contribution is 5.95. The van der Waals surface area contributed by atoms with E-state index < -0.39 is 12.1 Å². The third-order valence-electron chi connectivity index (χ3n) is 3.88. The highest BCUT2D eigenvalue weighted by atomic mass is 16.5. The first-order chi connectivity index (χ1) is 12.1. The molecular weight excluding hydrogens is 314 g/mol. The topological polar surface area (TPSA) is 55.4 Å². The highest BCUT2D eigenvalue weighted by Gasteiger charge is 2.18. The van der Waals surface area contributed by atoms with Crippen LogP contribution in [0.4, 0.5) is 5.69 Å². The lowest BCUT2D eigenvalue weighted by atomic mass is 10.1. The van der Waals surface area contributed by atoms with Crippen molar-refractivity contribution in [1.29, 1.82) is 0 Å². The third kappa shape index (κ3) is 4.44. The Kier molecular flexibility index (Phi) is 5.09. The summed E-state index contributed by atoms with van der Waals surface area (Å²) in [5.74, 6) is -0.774. The van der Waals surface area contributed by atoms with Gasteiger partial charge in [-0.2, -0.15) is 0 Å². The number of carbonyl (C=O) groups is 2. The minimum absolute atomic E-state index is 0.133. The van der Waals surface area contributed by atoms with Crippen molar-refractivity contribution in [2.24, 2.45) is 0 Å². The van der Waals surface area contributed by atoms with Crippen molar-refractivity contribution in [2.75, 3.05) is 5.32 Å². The fraction of sp³-hybridized carbons (Fsp3) is 0.143. The van der Waals surface area contributed by atoms with Crippen molar-refractivity contribution in [3.63, 3.8) is 0 Å². The zero-order chi connectivity index (χ0) is 17.6. The number of benzene rings is 3. The fourth-order valence-corrected chi connectivity index (χ4v) is 2.57. The molecule has 3 aromatic rings. The Bertz CT molecular complexity index is 890. The first-order valence-electron chi connectivity index (χ1n) is 8.15. The molecule has 0 bridgehead atoms. The Hall–Kier alpha value is -3.14. The van der Waals surface area contributed by atoms with Gasteiger partial charge in [-0.15, -0.1) is 0 Å². The number of rotatable bonds is 5. The minimum atomic E-state index is -0.854. The van der Waals surface area contributed by atoms with Crippen LogP contribution in [0.5, 0.6) is 0 Å². The first-order valence-corrected chi connectivity index (χ1v) is 8.15. The summed E-state index contributed by atoms with van der Waals surface area (Å²) in [6.07, 6.45) is -0.721. The van der Waals surface area contributed by atoms with Gasteiger partial charge in [0.1, 0.15) is 0 Å². The van der Waals surface area contributed by atoms with Crippen LogP contribution in [0, 0.1) is 0 Å². The summed E-state index contributed by atoms with van der Waals surface area (Å²) in [5, 5.41) is 4.91. The van der Waals surface area contributed by atoms with Gasteiger partial charge in [0.05, 0.1) is 6.42 Å². The number of ether oxygens (including phenoxy) is 1. The molecule has 4 nitrogen and oxygen atoms in total. The molecule has 0 saturated carbocycles. The smallest absolute Gasteiger partial charge is 0.311 e. The molecule has 0 fully saturated rings. The van der Waals surface area contributed by atoms with Crippen molar-refractivity contribution in [2.45, 2.75) is 19.4 Å². The molecule has 0 saturated heterocycles. The summed E-state index contributed by atoms with van der Waals surface area (Å²) in [4.78, 5) is 24.2. The Morgan fingerprint density at radius 2 is 1.60 bits per heavy atom. The Balaban J connectivity index is 1.58. The monoisotopic (exact) mass is 333 g/mol. The van der Waals surface area contributed by atoms with Crippen molar-refractivity contribution in [3.8, 4) is 0 Å². The van der Waals surface area contributed by atoms with Gasteiger partial charge in [-0.3, -0.25) is 9.59 Å². The molecule has 4 heteroatoms. The predicted molar refractivity (Wildman–Crippen MR) is 98.3 cm³/mol. The Morgan fingerprint density at radius 1 is 0.920 bits per heavy atom. The van der Waals surface area contributed by atoms with Crippen LogP contribution in [0.2, 0.25) is 0 Å². The molecular formula is C21H19NO3. The zero-order valence-corrected chi connectivity index (χ0v) is 13.9. The standard InChI is InChI=1S/C21H19NO3/c1-15(21(24)22-19-9-3-2-4-10-19)25-20(23)14-16-11-12-17-7-5-6-8-18(17)13-16/h2-13,15H,14H2,1H3,(H,22,24)/t15-/m1/s1. The van der Waals surface area contributed by atoms with Gasteiger partial charge in [-0.25, -0.2) is 0 Å². The summed E-state index contributed by atoms with van der Waals surface area (Å²) in [7, 11) is 0. The van der Waals surface area contributed by atoms with E-state index in [4.69, 9.17) is 4.74 Å². The molecule has 0 heterocycles. The van der Waals surface area contributed by atoms with Gasteiger partial charge in [0.25, 0.3) is 5.91 Å². The molecule has 0 spiro atoms. The number of amides is 1. The average Bonchev–Trinajstić information content (AvgIpc) is 2.62. The molecule has 126 valence electrons. The lowest BCUT2D eigenvalue weighted by Gasteiger charge is -2.13. The lowest BCUT2D eigenvalue weighted by Crippen LogP contribution is -2.30. The molecule has 25 heavy (non-hydrogen) atoms. The summed E-state index contributed by atoms with van der Waals surface area (Å²) >= 11 is 0. The van der Waals surface area contributed by atoms with Crippen LogP contribution in [-0.4, -0.2) is 18.0 Å². The Morgan fingerprint density at radius 3 is 2.36 bits per heavy atom. The van der Waals surface area contributed by atoms with Gasteiger partial charge in [-0.05, 0) is 35.4 Å². The summed E-state index contributed by atoms with van der Waals surface area (Å²) in [5.41, 5.74) is 1.53. The SMILES string of the molecule is C[C@@H](OC(=O)Cc1ccc2ccccc2c1)C(=O)Nc1ccccc1. The third-order valence-corrected chi connectivity index (χ3v) is 3.88. The van der Waals surface area contributed by atoms with E-state index in [1.54, 1.807) is 19.1 Å². The second kappa shape index (κ2) is 7.62. The van der Waals surface area contributed by atoms with E-state index in [9.17, 15) is 9.59 Å². The number of nitrogens with one attached hydrogen (secondary N) is 1. The summed E-state index contributed by atoms with van der Waals surface area (Å²) in [6.45, 7) is 1.57. The number of hydrogen-bond donors (Lipinski definition) is 1. The number of anilines is 1. The molecule has 1 amide bonds. The Labute approximate surface area is 146 Å². The molecule has 3 rings (SSSR count). The fourth-order valence-electron chi connectivity index (χ4n) is 2.57. The van der Waals surface area contributed by atoms with E-state index in [-0.39, 0.29) is 12.3 Å². The second-order valence-corrected chi connectivity index (χ2v) is 5.85. The van der Waals surface area contributed by atoms with Crippen LogP contribution < -0.4 is 5.32 Å². The van der Waals surface area contributed by atoms with Gasteiger partial charge < -0.3 is 10.1 Å². The van der Waals surface area contributed by atoms with E-state index in [1.165, 1.54) is 0 Å². The van der Waals surface area contributed by atoms with Crippen LogP contribution in [0.15, 0.2) is 72.8 Å². The quantitative estimate of drug-likeness (QED) is 0.719. The molecule has 1 N–H and O–H groups in total. The molecule has 1 atom stereocenters. The number of esters is 1. The van der Waals surface area contributed by atoms with Crippen molar-refractivity contribution >= 4 is 28.3 Å². The minimum Gasteiger partial charge on any atom is -0.452 e. The summed E-state index contributed by atoms with van der Waals surface area (Å²) < 4.78 is 5.25. The second-order valence-electron chi connectivity index (χ2n) is 5.85. The lowest BCUT2D eigenvalue weighted by molar-refractivity contribution is -0.152. The van der Waals surface area contributed by atoms with Gasteiger partial charge in [0, 0.05) is 5.69 Å². The van der Waals surface area contributed by atoms with Crippen LogP contribution in [0.25, 0.3) is 10.8 Å². The number of para-hydroxylation sites is 1. The first kappa shape index (κ1) is 16.7. The molecule has 0 radical (unpaired) electrons. The maximum atomic E-state index is 12.1. The molecule has 0 aliphatic rings. The highest BCUT2D eigenvalue weighted by Crippen LogP contribution is 2.16.